The summed E-state index contributed by atoms with van der Waals surface area (Å²) in [5.74, 6) is 1.79. The van der Waals surface area contributed by atoms with Crippen LogP contribution in [0.3, 0.4) is 0 Å². The summed E-state index contributed by atoms with van der Waals surface area (Å²) in [5.41, 5.74) is 0.450. The van der Waals surface area contributed by atoms with Crippen LogP contribution in [0, 0.1) is 11.7 Å². The molecule has 5 nitrogen and oxygen atoms in total. The molecule has 1 fully saturated rings. The van der Waals surface area contributed by atoms with E-state index in [1.807, 2.05) is 11.8 Å². The molecule has 1 aliphatic heterocycles. The molecule has 0 aliphatic carbocycles. The van der Waals surface area contributed by atoms with Crippen molar-refractivity contribution in [3.8, 4) is 0 Å². The van der Waals surface area contributed by atoms with Crippen LogP contribution in [0.5, 0.6) is 0 Å². The Bertz CT molecular complexity index is 594. The number of nitrogens with zero attached hydrogens (tertiary/aromatic N) is 2. The van der Waals surface area contributed by atoms with Gasteiger partial charge in [-0.15, -0.1) is 0 Å². The zero-order valence-corrected chi connectivity index (χ0v) is 15.2. The summed E-state index contributed by atoms with van der Waals surface area (Å²) in [6.45, 7) is 6.39. The second-order valence-electron chi connectivity index (χ2n) is 6.06. The van der Waals surface area contributed by atoms with Crippen molar-refractivity contribution in [1.29, 1.82) is 0 Å². The van der Waals surface area contributed by atoms with Crippen molar-refractivity contribution in [2.24, 2.45) is 10.9 Å². The molecule has 132 valence electrons. The lowest BCUT2D eigenvalue weighted by Gasteiger charge is -2.36. The second kappa shape index (κ2) is 8.92. The van der Waals surface area contributed by atoms with Crippen LogP contribution in [0.1, 0.15) is 13.8 Å². The summed E-state index contributed by atoms with van der Waals surface area (Å²) in [6, 6.07) is 5.86. The lowest BCUT2D eigenvalue weighted by atomic mass is 10.1. The van der Waals surface area contributed by atoms with E-state index < -0.39 is 0 Å². The van der Waals surface area contributed by atoms with Gasteiger partial charge >= 0.3 is 0 Å². The van der Waals surface area contributed by atoms with Crippen LogP contribution in [0.15, 0.2) is 29.3 Å². The Labute approximate surface area is 147 Å². The molecule has 1 saturated heterocycles. The molecule has 1 aromatic rings. The van der Waals surface area contributed by atoms with E-state index in [-0.39, 0.29) is 18.3 Å². The van der Waals surface area contributed by atoms with Crippen molar-refractivity contribution in [2.75, 3.05) is 37.8 Å². The first-order valence-corrected chi connectivity index (χ1v) is 9.17. The van der Waals surface area contributed by atoms with Crippen molar-refractivity contribution in [3.05, 3.63) is 30.1 Å². The van der Waals surface area contributed by atoms with Crippen molar-refractivity contribution in [3.63, 3.8) is 0 Å². The number of aliphatic imine (C=N–C) groups is 1. The number of carbonyl (C=O) groups is 1. The monoisotopic (exact) mass is 352 g/mol. The summed E-state index contributed by atoms with van der Waals surface area (Å²) >= 11 is 1.99. The van der Waals surface area contributed by atoms with Crippen molar-refractivity contribution in [2.45, 2.75) is 19.1 Å². The molecule has 0 spiro atoms. The van der Waals surface area contributed by atoms with Crippen molar-refractivity contribution in [1.82, 2.24) is 10.2 Å². The van der Waals surface area contributed by atoms with Gasteiger partial charge in [-0.1, -0.05) is 19.9 Å². The highest BCUT2D eigenvalue weighted by Gasteiger charge is 2.25. The minimum atomic E-state index is -0.373. The molecular formula is C17H25FN4OS. The van der Waals surface area contributed by atoms with Crippen LogP contribution < -0.4 is 10.6 Å². The Morgan fingerprint density at radius 1 is 1.50 bits per heavy atom. The van der Waals surface area contributed by atoms with Gasteiger partial charge < -0.3 is 15.5 Å². The van der Waals surface area contributed by atoms with Gasteiger partial charge in [-0.3, -0.25) is 9.79 Å². The smallest absolute Gasteiger partial charge is 0.243 e. The lowest BCUT2D eigenvalue weighted by Crippen LogP contribution is -2.50. The molecule has 1 atom stereocenters. The van der Waals surface area contributed by atoms with Gasteiger partial charge in [0.1, 0.15) is 5.82 Å². The number of carbonyl (C=O) groups excluding carboxylic acids is 1. The number of halogens is 1. The van der Waals surface area contributed by atoms with Crippen LogP contribution >= 0.6 is 11.8 Å². The molecule has 1 aromatic carbocycles. The Kier molecular flexibility index (Phi) is 6.90. The van der Waals surface area contributed by atoms with E-state index >= 15 is 0 Å². The molecule has 0 saturated carbocycles. The van der Waals surface area contributed by atoms with Gasteiger partial charge in [0.2, 0.25) is 5.91 Å². The fourth-order valence-electron chi connectivity index (χ4n) is 2.53. The number of hydrogen-bond acceptors (Lipinski definition) is 3. The molecule has 1 amide bonds. The highest BCUT2D eigenvalue weighted by atomic mass is 32.2. The number of nitrogens with one attached hydrogen (secondary N) is 2. The molecule has 24 heavy (non-hydrogen) atoms. The Morgan fingerprint density at radius 2 is 2.29 bits per heavy atom. The van der Waals surface area contributed by atoms with Gasteiger partial charge in [-0.2, -0.15) is 11.8 Å². The maximum Gasteiger partial charge on any atom is 0.243 e. The maximum absolute atomic E-state index is 13.1. The van der Waals surface area contributed by atoms with Gasteiger partial charge in [0, 0.05) is 36.8 Å². The minimum Gasteiger partial charge on any atom is -0.347 e. The van der Waals surface area contributed by atoms with Crippen LogP contribution in [-0.4, -0.2) is 54.5 Å². The quantitative estimate of drug-likeness (QED) is 0.645. The van der Waals surface area contributed by atoms with Crippen molar-refractivity contribution < 1.29 is 9.18 Å². The number of guanidine groups is 1. The predicted octanol–water partition coefficient (Wildman–Crippen LogP) is 2.41. The third kappa shape index (κ3) is 5.40. The molecular weight excluding hydrogens is 327 g/mol. The van der Waals surface area contributed by atoms with E-state index in [0.29, 0.717) is 16.9 Å². The number of hydrogen-bond donors (Lipinski definition) is 2. The molecule has 0 radical (unpaired) electrons. The number of anilines is 1. The fourth-order valence-corrected chi connectivity index (χ4v) is 3.83. The lowest BCUT2D eigenvalue weighted by molar-refractivity contribution is -0.115. The number of amides is 1. The zero-order chi connectivity index (χ0) is 17.5. The van der Waals surface area contributed by atoms with Gasteiger partial charge in [0.25, 0.3) is 0 Å². The maximum atomic E-state index is 13.1. The molecule has 1 heterocycles. The third-order valence-corrected chi connectivity index (χ3v) is 5.40. The molecule has 0 bridgehead atoms. The summed E-state index contributed by atoms with van der Waals surface area (Å²) in [5, 5.41) is 6.34. The predicted molar refractivity (Wildman–Crippen MR) is 99.0 cm³/mol. The van der Waals surface area contributed by atoms with E-state index in [4.69, 9.17) is 0 Å². The fraction of sp³-hybridized carbons (Fsp3) is 0.529. The van der Waals surface area contributed by atoms with Gasteiger partial charge in [-0.05, 0) is 24.1 Å². The highest BCUT2D eigenvalue weighted by Crippen LogP contribution is 2.24. The topological polar surface area (TPSA) is 56.7 Å². The van der Waals surface area contributed by atoms with Crippen molar-refractivity contribution >= 4 is 29.3 Å². The number of thioether (sulfide) groups is 1. The summed E-state index contributed by atoms with van der Waals surface area (Å²) in [7, 11) is 1.72. The SMILES string of the molecule is CN=C(NCC(=O)Nc1cccc(F)c1)N1CCSC(C(C)C)C1. The Morgan fingerprint density at radius 3 is 2.96 bits per heavy atom. The van der Waals surface area contributed by atoms with E-state index in [1.54, 1.807) is 19.2 Å². The molecule has 1 unspecified atom stereocenters. The third-order valence-electron chi connectivity index (χ3n) is 3.86. The van der Waals surface area contributed by atoms with Gasteiger partial charge in [0.05, 0.1) is 6.54 Å². The highest BCUT2D eigenvalue weighted by molar-refractivity contribution is 8.00. The van der Waals surface area contributed by atoms with E-state index in [9.17, 15) is 9.18 Å². The van der Waals surface area contributed by atoms with Gasteiger partial charge in [-0.25, -0.2) is 4.39 Å². The Balaban J connectivity index is 1.86. The number of benzene rings is 1. The summed E-state index contributed by atoms with van der Waals surface area (Å²) in [4.78, 5) is 18.5. The standard InChI is InChI=1S/C17H25FN4OS/c1-12(2)15-11-22(7-8-24-15)17(19-3)20-10-16(23)21-14-6-4-5-13(18)9-14/h4-6,9,12,15H,7-8,10-11H2,1-3H3,(H,19,20)(H,21,23). The largest absolute Gasteiger partial charge is 0.347 e. The Hall–Kier alpha value is -1.76. The van der Waals surface area contributed by atoms with E-state index in [2.05, 4.69) is 34.4 Å². The molecule has 0 aromatic heterocycles. The van der Waals surface area contributed by atoms with Gasteiger partial charge in [0.15, 0.2) is 5.96 Å². The summed E-state index contributed by atoms with van der Waals surface area (Å²) < 4.78 is 13.1. The van der Waals surface area contributed by atoms with Crippen LogP contribution in [0.25, 0.3) is 0 Å². The number of rotatable bonds is 4. The van der Waals surface area contributed by atoms with E-state index in [1.165, 1.54) is 12.1 Å². The minimum absolute atomic E-state index is 0.0964. The average molecular weight is 352 g/mol. The molecule has 2 rings (SSSR count). The molecule has 2 N–H and O–H groups in total. The van der Waals surface area contributed by atoms with E-state index in [0.717, 1.165) is 24.8 Å². The van der Waals surface area contributed by atoms with Crippen LogP contribution in [0.4, 0.5) is 10.1 Å². The molecule has 1 aliphatic rings. The average Bonchev–Trinajstić information content (AvgIpc) is 2.55. The first-order chi connectivity index (χ1) is 11.5. The van der Waals surface area contributed by atoms with Crippen LogP contribution in [0.2, 0.25) is 0 Å². The molecule has 7 heteroatoms. The van der Waals surface area contributed by atoms with Crippen LogP contribution in [-0.2, 0) is 4.79 Å². The second-order valence-corrected chi connectivity index (χ2v) is 7.41. The summed E-state index contributed by atoms with van der Waals surface area (Å²) in [6.07, 6.45) is 0. The first kappa shape index (κ1) is 18.6. The first-order valence-electron chi connectivity index (χ1n) is 8.12. The zero-order valence-electron chi connectivity index (χ0n) is 14.4. The normalized spacial score (nSPS) is 18.6.